The average molecular weight is 291 g/mol. The molecule has 4 heteroatoms. The first-order valence-electron chi connectivity index (χ1n) is 7.15. The van der Waals surface area contributed by atoms with Crippen molar-refractivity contribution in [3.05, 3.63) is 29.8 Å². The maximum atomic E-state index is 12.1. The molecule has 0 bridgehead atoms. The quantitative estimate of drug-likeness (QED) is 0.865. The van der Waals surface area contributed by atoms with Gasteiger partial charge in [-0.3, -0.25) is 4.79 Å². The van der Waals surface area contributed by atoms with E-state index in [1.807, 2.05) is 24.3 Å². The molecule has 1 amide bonds. The van der Waals surface area contributed by atoms with Crippen molar-refractivity contribution in [2.75, 3.05) is 7.11 Å². The van der Waals surface area contributed by atoms with Crippen LogP contribution in [-0.2, 0) is 11.2 Å². The normalized spacial score (nSPS) is 15.7. The molecule has 1 saturated carbocycles. The highest BCUT2D eigenvalue weighted by Crippen LogP contribution is 2.23. The molecule has 1 aromatic rings. The zero-order valence-corrected chi connectivity index (χ0v) is 12.7. The number of hydrogen-bond donors (Lipinski definition) is 1. The molecule has 1 aliphatic carbocycles. The molecular formula is C16H21NO2S. The van der Waals surface area contributed by atoms with Gasteiger partial charge in [-0.1, -0.05) is 43.6 Å². The fraction of sp³-hybridized carbons (Fsp3) is 0.500. The Morgan fingerprint density at radius 2 is 1.90 bits per heavy atom. The van der Waals surface area contributed by atoms with Crippen molar-refractivity contribution in [1.29, 1.82) is 0 Å². The summed E-state index contributed by atoms with van der Waals surface area (Å²) in [5, 5.41) is 2.89. The highest BCUT2D eigenvalue weighted by Gasteiger charge is 2.21. The Labute approximate surface area is 125 Å². The van der Waals surface area contributed by atoms with E-state index >= 15 is 0 Å². The van der Waals surface area contributed by atoms with E-state index in [9.17, 15) is 4.79 Å². The van der Waals surface area contributed by atoms with Crippen LogP contribution in [-0.4, -0.2) is 18.0 Å². The van der Waals surface area contributed by atoms with Gasteiger partial charge in [0, 0.05) is 12.3 Å². The summed E-state index contributed by atoms with van der Waals surface area (Å²) >= 11 is 5.28. The van der Waals surface area contributed by atoms with Crippen LogP contribution in [0.4, 0.5) is 0 Å². The fourth-order valence-corrected chi connectivity index (χ4v) is 2.84. The van der Waals surface area contributed by atoms with Gasteiger partial charge >= 0.3 is 0 Å². The SMILES string of the molecule is COc1ccc(CC(=S)NC(=O)C2CCCCC2)cc1. The topological polar surface area (TPSA) is 38.3 Å². The second-order valence-corrected chi connectivity index (χ2v) is 5.77. The Kier molecular flexibility index (Phi) is 5.53. The van der Waals surface area contributed by atoms with E-state index in [0.717, 1.165) is 37.0 Å². The highest BCUT2D eigenvalue weighted by atomic mass is 32.1. The minimum atomic E-state index is 0.100. The van der Waals surface area contributed by atoms with Gasteiger partial charge in [0.05, 0.1) is 12.1 Å². The van der Waals surface area contributed by atoms with Crippen molar-refractivity contribution in [2.24, 2.45) is 5.92 Å². The number of ether oxygens (including phenoxy) is 1. The van der Waals surface area contributed by atoms with E-state index in [0.29, 0.717) is 11.4 Å². The van der Waals surface area contributed by atoms with Gasteiger partial charge in [-0.25, -0.2) is 0 Å². The number of methoxy groups -OCH3 is 1. The summed E-state index contributed by atoms with van der Waals surface area (Å²) in [5.41, 5.74) is 1.08. The predicted molar refractivity (Wildman–Crippen MR) is 84.0 cm³/mol. The summed E-state index contributed by atoms with van der Waals surface area (Å²) in [6.07, 6.45) is 6.15. The number of carbonyl (C=O) groups excluding carboxylic acids is 1. The van der Waals surface area contributed by atoms with E-state index in [-0.39, 0.29) is 11.8 Å². The Balaban J connectivity index is 1.83. The molecule has 3 nitrogen and oxygen atoms in total. The average Bonchev–Trinajstić information content (AvgIpc) is 2.49. The highest BCUT2D eigenvalue weighted by molar-refractivity contribution is 7.80. The maximum Gasteiger partial charge on any atom is 0.227 e. The third kappa shape index (κ3) is 4.30. The zero-order valence-electron chi connectivity index (χ0n) is 11.9. The molecule has 0 aromatic heterocycles. The molecule has 1 fully saturated rings. The molecule has 1 aromatic carbocycles. The van der Waals surface area contributed by atoms with Gasteiger partial charge in [0.15, 0.2) is 0 Å². The summed E-state index contributed by atoms with van der Waals surface area (Å²) in [6, 6.07) is 7.75. The zero-order chi connectivity index (χ0) is 14.4. The summed E-state index contributed by atoms with van der Waals surface area (Å²) in [5.74, 6) is 1.08. The third-order valence-electron chi connectivity index (χ3n) is 3.76. The van der Waals surface area contributed by atoms with E-state index in [4.69, 9.17) is 17.0 Å². The molecule has 0 unspecified atom stereocenters. The van der Waals surface area contributed by atoms with Crippen LogP contribution in [0.25, 0.3) is 0 Å². The van der Waals surface area contributed by atoms with Gasteiger partial charge in [-0.15, -0.1) is 0 Å². The van der Waals surface area contributed by atoms with E-state index in [2.05, 4.69) is 5.32 Å². The van der Waals surface area contributed by atoms with Crippen molar-refractivity contribution in [3.63, 3.8) is 0 Å². The minimum Gasteiger partial charge on any atom is -0.497 e. The summed E-state index contributed by atoms with van der Waals surface area (Å²) in [7, 11) is 1.64. The lowest BCUT2D eigenvalue weighted by Crippen LogP contribution is -2.36. The van der Waals surface area contributed by atoms with Crippen molar-refractivity contribution in [3.8, 4) is 5.75 Å². The van der Waals surface area contributed by atoms with E-state index in [1.165, 1.54) is 6.42 Å². The van der Waals surface area contributed by atoms with Gasteiger partial charge in [-0.2, -0.15) is 0 Å². The fourth-order valence-electron chi connectivity index (χ4n) is 2.58. The Bertz CT molecular complexity index is 464. The van der Waals surface area contributed by atoms with Crippen LogP contribution >= 0.6 is 12.2 Å². The van der Waals surface area contributed by atoms with Gasteiger partial charge < -0.3 is 10.1 Å². The summed E-state index contributed by atoms with van der Waals surface area (Å²) < 4.78 is 5.12. The van der Waals surface area contributed by atoms with E-state index in [1.54, 1.807) is 7.11 Å². The van der Waals surface area contributed by atoms with Crippen LogP contribution in [0, 0.1) is 5.92 Å². The number of hydrogen-bond acceptors (Lipinski definition) is 3. The smallest absolute Gasteiger partial charge is 0.227 e. The number of nitrogens with one attached hydrogen (secondary N) is 1. The molecule has 0 atom stereocenters. The molecule has 2 rings (SSSR count). The number of rotatable bonds is 4. The number of thiocarbonyl (C=S) groups is 1. The first-order valence-corrected chi connectivity index (χ1v) is 7.56. The molecule has 20 heavy (non-hydrogen) atoms. The molecule has 0 radical (unpaired) electrons. The van der Waals surface area contributed by atoms with Crippen molar-refractivity contribution >= 4 is 23.1 Å². The van der Waals surface area contributed by atoms with Gasteiger partial charge in [0.25, 0.3) is 0 Å². The first-order chi connectivity index (χ1) is 9.69. The maximum absolute atomic E-state index is 12.1. The Morgan fingerprint density at radius 1 is 1.25 bits per heavy atom. The lowest BCUT2D eigenvalue weighted by atomic mass is 9.88. The first kappa shape index (κ1) is 15.0. The standard InChI is InChI=1S/C16H21NO2S/c1-19-14-9-7-12(8-10-14)11-15(20)17-16(18)13-5-3-2-4-6-13/h7-10,13H,2-6,11H2,1H3,(H,17,18,20). The summed E-state index contributed by atoms with van der Waals surface area (Å²) in [6.45, 7) is 0. The molecule has 0 spiro atoms. The predicted octanol–water partition coefficient (Wildman–Crippen LogP) is 3.26. The second kappa shape index (κ2) is 7.39. The molecule has 108 valence electrons. The van der Waals surface area contributed by atoms with Crippen molar-refractivity contribution < 1.29 is 9.53 Å². The Morgan fingerprint density at radius 3 is 2.50 bits per heavy atom. The van der Waals surface area contributed by atoms with Crippen molar-refractivity contribution in [1.82, 2.24) is 5.32 Å². The van der Waals surface area contributed by atoms with Gasteiger partial charge in [0.2, 0.25) is 5.91 Å². The minimum absolute atomic E-state index is 0.100. The van der Waals surface area contributed by atoms with Crippen LogP contribution in [0.1, 0.15) is 37.7 Å². The molecule has 1 N–H and O–H groups in total. The third-order valence-corrected chi connectivity index (χ3v) is 4.01. The number of amides is 1. The molecule has 1 aliphatic rings. The lowest BCUT2D eigenvalue weighted by Gasteiger charge is -2.20. The van der Waals surface area contributed by atoms with E-state index < -0.39 is 0 Å². The monoisotopic (exact) mass is 291 g/mol. The molecule has 0 heterocycles. The second-order valence-electron chi connectivity index (χ2n) is 5.27. The number of carbonyl (C=O) groups is 1. The molecule has 0 aliphatic heterocycles. The lowest BCUT2D eigenvalue weighted by molar-refractivity contribution is -0.124. The molecular weight excluding hydrogens is 270 g/mol. The van der Waals surface area contributed by atoms with Crippen LogP contribution in [0.15, 0.2) is 24.3 Å². The Hall–Kier alpha value is -1.42. The summed E-state index contributed by atoms with van der Waals surface area (Å²) in [4.78, 5) is 12.7. The van der Waals surface area contributed by atoms with Crippen LogP contribution in [0.3, 0.4) is 0 Å². The largest absolute Gasteiger partial charge is 0.497 e. The van der Waals surface area contributed by atoms with Crippen LogP contribution < -0.4 is 10.1 Å². The van der Waals surface area contributed by atoms with Gasteiger partial charge in [0.1, 0.15) is 5.75 Å². The van der Waals surface area contributed by atoms with Crippen LogP contribution in [0.5, 0.6) is 5.75 Å². The van der Waals surface area contributed by atoms with Gasteiger partial charge in [-0.05, 0) is 30.5 Å². The van der Waals surface area contributed by atoms with Crippen LogP contribution in [0.2, 0.25) is 0 Å². The van der Waals surface area contributed by atoms with Crippen molar-refractivity contribution in [2.45, 2.75) is 38.5 Å². The molecule has 0 saturated heterocycles. The number of benzene rings is 1.